The summed E-state index contributed by atoms with van der Waals surface area (Å²) in [6, 6.07) is -0.283. The van der Waals surface area contributed by atoms with Gasteiger partial charge < -0.3 is 15.7 Å². The molecule has 0 aliphatic heterocycles. The number of aliphatic hydroxyl groups excluding tert-OH is 1. The van der Waals surface area contributed by atoms with E-state index in [4.69, 9.17) is 5.11 Å². The maximum absolute atomic E-state index is 11.1. The van der Waals surface area contributed by atoms with Crippen LogP contribution in [0.2, 0.25) is 0 Å². The zero-order valence-corrected chi connectivity index (χ0v) is 9.65. The molecule has 0 spiro atoms. The second-order valence-electron chi connectivity index (χ2n) is 3.07. The van der Waals surface area contributed by atoms with Gasteiger partial charge in [-0.05, 0) is 13.8 Å². The summed E-state index contributed by atoms with van der Waals surface area (Å²) in [5, 5.41) is 14.7. The molecule has 0 saturated carbocycles. The van der Waals surface area contributed by atoms with Crippen molar-refractivity contribution in [2.45, 2.75) is 20.4 Å². The Hall–Kier alpha value is -1.14. The van der Waals surface area contributed by atoms with Crippen LogP contribution in [-0.2, 0) is 6.54 Å². The molecule has 5 nitrogen and oxygen atoms in total. The van der Waals surface area contributed by atoms with E-state index in [1.807, 2.05) is 13.8 Å². The first-order valence-corrected chi connectivity index (χ1v) is 5.50. The molecule has 0 unspecified atom stereocenters. The van der Waals surface area contributed by atoms with E-state index >= 15 is 0 Å². The van der Waals surface area contributed by atoms with E-state index in [0.29, 0.717) is 6.54 Å². The molecular weight excluding hydrogens is 214 g/mol. The fourth-order valence-electron chi connectivity index (χ4n) is 1.13. The minimum atomic E-state index is -0.283. The van der Waals surface area contributed by atoms with Gasteiger partial charge in [0.05, 0.1) is 23.9 Å². The van der Waals surface area contributed by atoms with Crippen molar-refractivity contribution in [2.75, 3.05) is 13.2 Å². The van der Waals surface area contributed by atoms with E-state index in [1.54, 1.807) is 11.3 Å². The smallest absolute Gasteiger partial charge is 0.315 e. The predicted molar refractivity (Wildman–Crippen MR) is 58.9 cm³/mol. The van der Waals surface area contributed by atoms with Crippen LogP contribution >= 0.6 is 11.3 Å². The molecule has 1 aromatic rings. The zero-order chi connectivity index (χ0) is 11.3. The highest BCUT2D eigenvalue weighted by Gasteiger charge is 2.06. The van der Waals surface area contributed by atoms with Crippen molar-refractivity contribution in [3.05, 3.63) is 15.6 Å². The summed E-state index contributed by atoms with van der Waals surface area (Å²) in [5.74, 6) is 0. The molecule has 1 rings (SSSR count). The van der Waals surface area contributed by atoms with Crippen LogP contribution in [0.3, 0.4) is 0 Å². The van der Waals surface area contributed by atoms with Crippen LogP contribution in [0.25, 0.3) is 0 Å². The van der Waals surface area contributed by atoms with Crippen LogP contribution in [-0.4, -0.2) is 29.3 Å². The molecule has 2 amide bonds. The highest BCUT2D eigenvalue weighted by Crippen LogP contribution is 2.15. The number of thiazole rings is 1. The van der Waals surface area contributed by atoms with Crippen LogP contribution in [0.1, 0.15) is 15.6 Å². The predicted octanol–water partition coefficient (Wildman–Crippen LogP) is 0.551. The zero-order valence-electron chi connectivity index (χ0n) is 8.83. The Balaban J connectivity index is 2.36. The molecule has 0 atom stereocenters. The molecule has 0 radical (unpaired) electrons. The third-order valence-corrected chi connectivity index (χ3v) is 2.74. The molecule has 6 heteroatoms. The van der Waals surface area contributed by atoms with E-state index in [1.165, 1.54) is 0 Å². The number of carbonyl (C=O) groups is 1. The highest BCUT2D eigenvalue weighted by atomic mass is 32.1. The Kier molecular flexibility index (Phi) is 4.51. The molecule has 1 aromatic heterocycles. The summed E-state index contributed by atoms with van der Waals surface area (Å²) in [6.45, 7) is 4.55. The van der Waals surface area contributed by atoms with Gasteiger partial charge in [-0.3, -0.25) is 0 Å². The number of carbonyl (C=O) groups excluding carboxylic acids is 1. The lowest BCUT2D eigenvalue weighted by atomic mass is 10.4. The van der Waals surface area contributed by atoms with E-state index in [-0.39, 0.29) is 19.2 Å². The summed E-state index contributed by atoms with van der Waals surface area (Å²) in [4.78, 5) is 16.5. The minimum Gasteiger partial charge on any atom is -0.395 e. The van der Waals surface area contributed by atoms with Gasteiger partial charge in [0.2, 0.25) is 0 Å². The Bertz CT molecular complexity index is 338. The standard InChI is InChI=1S/C9H15N3O2S/c1-6-8(12-7(2)15-6)5-11-9(14)10-3-4-13/h13H,3-5H2,1-2H3,(H2,10,11,14). The molecule has 0 fully saturated rings. The number of rotatable bonds is 4. The molecule has 0 bridgehead atoms. The van der Waals surface area contributed by atoms with Crippen LogP contribution in [0, 0.1) is 13.8 Å². The van der Waals surface area contributed by atoms with Crippen molar-refractivity contribution in [2.24, 2.45) is 0 Å². The fourth-order valence-corrected chi connectivity index (χ4v) is 1.97. The lowest BCUT2D eigenvalue weighted by molar-refractivity contribution is 0.234. The number of hydrogen-bond donors (Lipinski definition) is 3. The molecule has 84 valence electrons. The topological polar surface area (TPSA) is 74.2 Å². The van der Waals surface area contributed by atoms with Crippen molar-refractivity contribution < 1.29 is 9.90 Å². The van der Waals surface area contributed by atoms with Crippen molar-refractivity contribution >= 4 is 17.4 Å². The molecule has 0 aromatic carbocycles. The van der Waals surface area contributed by atoms with Crippen LogP contribution in [0.15, 0.2) is 0 Å². The fraction of sp³-hybridized carbons (Fsp3) is 0.556. The quantitative estimate of drug-likeness (QED) is 0.706. The molecule has 1 heterocycles. The SMILES string of the molecule is Cc1nc(CNC(=O)NCCO)c(C)s1. The number of aromatic nitrogens is 1. The van der Waals surface area contributed by atoms with Gasteiger partial charge in [-0.1, -0.05) is 0 Å². The average Bonchev–Trinajstić information content (AvgIpc) is 2.51. The third-order valence-electron chi connectivity index (χ3n) is 1.81. The van der Waals surface area contributed by atoms with Crippen molar-refractivity contribution in [3.8, 4) is 0 Å². The number of hydrogen-bond acceptors (Lipinski definition) is 4. The Morgan fingerprint density at radius 1 is 1.47 bits per heavy atom. The van der Waals surface area contributed by atoms with Crippen molar-refractivity contribution in [3.63, 3.8) is 0 Å². The molecular formula is C9H15N3O2S. The minimum absolute atomic E-state index is 0.0533. The van der Waals surface area contributed by atoms with Crippen molar-refractivity contribution in [1.82, 2.24) is 15.6 Å². The van der Waals surface area contributed by atoms with E-state index < -0.39 is 0 Å². The maximum atomic E-state index is 11.1. The lowest BCUT2D eigenvalue weighted by Crippen LogP contribution is -2.36. The first kappa shape index (κ1) is 11.9. The summed E-state index contributed by atoms with van der Waals surface area (Å²) in [6.07, 6.45) is 0. The van der Waals surface area contributed by atoms with Gasteiger partial charge in [-0.15, -0.1) is 11.3 Å². The van der Waals surface area contributed by atoms with Gasteiger partial charge in [0.25, 0.3) is 0 Å². The molecule has 0 aliphatic rings. The second-order valence-corrected chi connectivity index (χ2v) is 4.48. The molecule has 0 aliphatic carbocycles. The third kappa shape index (κ3) is 3.85. The molecule has 3 N–H and O–H groups in total. The summed E-state index contributed by atoms with van der Waals surface area (Å²) >= 11 is 1.62. The van der Waals surface area contributed by atoms with Gasteiger partial charge in [0.1, 0.15) is 0 Å². The van der Waals surface area contributed by atoms with Crippen LogP contribution in [0.4, 0.5) is 4.79 Å². The summed E-state index contributed by atoms with van der Waals surface area (Å²) in [7, 11) is 0. The first-order chi connectivity index (χ1) is 7.13. The van der Waals surface area contributed by atoms with Gasteiger partial charge in [-0.25, -0.2) is 9.78 Å². The average molecular weight is 229 g/mol. The maximum Gasteiger partial charge on any atom is 0.315 e. The Labute approximate surface area is 92.5 Å². The number of urea groups is 1. The number of nitrogens with one attached hydrogen (secondary N) is 2. The van der Waals surface area contributed by atoms with Crippen molar-refractivity contribution in [1.29, 1.82) is 0 Å². The van der Waals surface area contributed by atoms with Crippen LogP contribution in [0.5, 0.6) is 0 Å². The van der Waals surface area contributed by atoms with Gasteiger partial charge in [-0.2, -0.15) is 0 Å². The summed E-state index contributed by atoms with van der Waals surface area (Å²) < 4.78 is 0. The number of nitrogens with zero attached hydrogens (tertiary/aromatic N) is 1. The second kappa shape index (κ2) is 5.67. The van der Waals surface area contributed by atoms with Crippen LogP contribution < -0.4 is 10.6 Å². The number of aryl methyl sites for hydroxylation is 2. The van der Waals surface area contributed by atoms with Gasteiger partial charge in [0.15, 0.2) is 0 Å². The Morgan fingerprint density at radius 3 is 2.73 bits per heavy atom. The van der Waals surface area contributed by atoms with Gasteiger partial charge in [0, 0.05) is 11.4 Å². The molecule has 0 saturated heterocycles. The highest BCUT2D eigenvalue weighted by molar-refractivity contribution is 7.11. The number of amides is 2. The lowest BCUT2D eigenvalue weighted by Gasteiger charge is -2.04. The monoisotopic (exact) mass is 229 g/mol. The van der Waals surface area contributed by atoms with E-state index in [9.17, 15) is 4.79 Å². The van der Waals surface area contributed by atoms with E-state index in [0.717, 1.165) is 15.6 Å². The largest absolute Gasteiger partial charge is 0.395 e. The number of aliphatic hydroxyl groups is 1. The van der Waals surface area contributed by atoms with E-state index in [2.05, 4.69) is 15.6 Å². The van der Waals surface area contributed by atoms with Gasteiger partial charge >= 0.3 is 6.03 Å². The first-order valence-electron chi connectivity index (χ1n) is 4.69. The normalized spacial score (nSPS) is 10.1. The summed E-state index contributed by atoms with van der Waals surface area (Å²) in [5.41, 5.74) is 0.900. The molecule has 15 heavy (non-hydrogen) atoms. The Morgan fingerprint density at radius 2 is 2.20 bits per heavy atom.